The molecule has 0 spiro atoms. The number of phenolic OH excluding ortho intramolecular Hbond substituents is 1. The number of aromatic hydroxyl groups is 1. The van der Waals surface area contributed by atoms with Crippen LogP contribution in [0.25, 0.3) is 0 Å². The second-order valence-electron chi connectivity index (χ2n) is 6.25. The van der Waals surface area contributed by atoms with Crippen LogP contribution in [0.15, 0.2) is 12.1 Å². The first kappa shape index (κ1) is 14.3. The molecule has 2 nitrogen and oxygen atoms in total. The summed E-state index contributed by atoms with van der Waals surface area (Å²) >= 11 is 11.9. The Labute approximate surface area is 130 Å². The second-order valence-corrected chi connectivity index (χ2v) is 7.06. The summed E-state index contributed by atoms with van der Waals surface area (Å²) in [6, 6.07) is 4.02. The zero-order chi connectivity index (χ0) is 14.1. The normalized spacial score (nSPS) is 29.8. The zero-order valence-electron chi connectivity index (χ0n) is 11.5. The van der Waals surface area contributed by atoms with Crippen molar-refractivity contribution < 1.29 is 5.11 Å². The molecule has 1 aromatic carbocycles. The van der Waals surface area contributed by atoms with E-state index in [1.165, 1.54) is 44.9 Å². The second kappa shape index (κ2) is 6.03. The number of halogens is 2. The third-order valence-electron chi connectivity index (χ3n) is 4.93. The zero-order valence-corrected chi connectivity index (χ0v) is 13.1. The van der Waals surface area contributed by atoms with Gasteiger partial charge in [0, 0.05) is 11.7 Å². The number of hydrogen-bond acceptors (Lipinski definition) is 2. The molecule has 3 unspecified atom stereocenters. The SMILES string of the molecule is Oc1c(Cl)cc(NC2CCC3CCCCC3C2)cc1Cl. The molecule has 2 aliphatic rings. The van der Waals surface area contributed by atoms with Gasteiger partial charge in [-0.25, -0.2) is 0 Å². The van der Waals surface area contributed by atoms with Gasteiger partial charge in [-0.3, -0.25) is 0 Å². The monoisotopic (exact) mass is 313 g/mol. The Balaban J connectivity index is 1.66. The molecule has 0 radical (unpaired) electrons. The number of hydrogen-bond donors (Lipinski definition) is 2. The summed E-state index contributed by atoms with van der Waals surface area (Å²) in [6.07, 6.45) is 9.43. The van der Waals surface area contributed by atoms with Crippen molar-refractivity contribution in [3.05, 3.63) is 22.2 Å². The molecule has 110 valence electrons. The van der Waals surface area contributed by atoms with Gasteiger partial charge in [0.2, 0.25) is 0 Å². The van der Waals surface area contributed by atoms with Crippen LogP contribution in [0.2, 0.25) is 10.0 Å². The van der Waals surface area contributed by atoms with Gasteiger partial charge in [0.25, 0.3) is 0 Å². The van der Waals surface area contributed by atoms with Crippen molar-refractivity contribution in [3.8, 4) is 5.75 Å². The highest BCUT2D eigenvalue weighted by Gasteiger charge is 2.32. The maximum absolute atomic E-state index is 9.60. The van der Waals surface area contributed by atoms with Gasteiger partial charge in [0.15, 0.2) is 5.75 Å². The Morgan fingerprint density at radius 1 is 0.950 bits per heavy atom. The van der Waals surface area contributed by atoms with E-state index in [2.05, 4.69) is 5.32 Å². The number of fused-ring (bicyclic) bond motifs is 1. The van der Waals surface area contributed by atoms with E-state index >= 15 is 0 Å². The first-order valence-corrected chi connectivity index (χ1v) is 8.33. The summed E-state index contributed by atoms with van der Waals surface area (Å²) in [6.45, 7) is 0. The highest BCUT2D eigenvalue weighted by atomic mass is 35.5. The Morgan fingerprint density at radius 2 is 1.60 bits per heavy atom. The smallest absolute Gasteiger partial charge is 0.152 e. The van der Waals surface area contributed by atoms with Gasteiger partial charge < -0.3 is 10.4 Å². The number of anilines is 1. The van der Waals surface area contributed by atoms with E-state index < -0.39 is 0 Å². The number of phenols is 1. The van der Waals surface area contributed by atoms with E-state index in [9.17, 15) is 5.11 Å². The van der Waals surface area contributed by atoms with Gasteiger partial charge >= 0.3 is 0 Å². The number of rotatable bonds is 2. The van der Waals surface area contributed by atoms with Gasteiger partial charge in [0.05, 0.1) is 10.0 Å². The molecule has 0 amide bonds. The quantitative estimate of drug-likeness (QED) is 0.709. The molecular weight excluding hydrogens is 293 g/mol. The van der Waals surface area contributed by atoms with Crippen molar-refractivity contribution in [2.24, 2.45) is 11.8 Å². The third-order valence-corrected chi connectivity index (χ3v) is 5.50. The molecule has 2 fully saturated rings. The lowest BCUT2D eigenvalue weighted by atomic mass is 9.69. The summed E-state index contributed by atoms with van der Waals surface area (Å²) in [5.41, 5.74) is 0.914. The summed E-state index contributed by atoms with van der Waals surface area (Å²) in [5.74, 6) is 1.81. The van der Waals surface area contributed by atoms with E-state index in [0.717, 1.165) is 17.5 Å². The minimum Gasteiger partial charge on any atom is -0.505 e. The minimum atomic E-state index is -0.0325. The molecule has 2 aliphatic carbocycles. The lowest BCUT2D eigenvalue weighted by Gasteiger charge is -2.39. The van der Waals surface area contributed by atoms with Crippen LogP contribution in [-0.4, -0.2) is 11.1 Å². The predicted molar refractivity (Wildman–Crippen MR) is 84.8 cm³/mol. The van der Waals surface area contributed by atoms with Crippen molar-refractivity contribution in [3.63, 3.8) is 0 Å². The predicted octanol–water partition coefficient (Wildman–Crippen LogP) is 5.47. The molecular formula is C16H21Cl2NO. The van der Waals surface area contributed by atoms with Crippen LogP contribution in [0, 0.1) is 11.8 Å². The van der Waals surface area contributed by atoms with Crippen molar-refractivity contribution in [1.82, 2.24) is 0 Å². The summed E-state index contributed by atoms with van der Waals surface area (Å²) < 4.78 is 0. The number of nitrogens with one attached hydrogen (secondary N) is 1. The Morgan fingerprint density at radius 3 is 2.30 bits per heavy atom. The molecule has 0 heterocycles. The lowest BCUT2D eigenvalue weighted by molar-refractivity contribution is 0.162. The van der Waals surface area contributed by atoms with Gasteiger partial charge in [-0.15, -0.1) is 0 Å². The molecule has 20 heavy (non-hydrogen) atoms. The number of benzene rings is 1. The lowest BCUT2D eigenvalue weighted by Crippen LogP contribution is -2.34. The fraction of sp³-hybridized carbons (Fsp3) is 0.625. The van der Waals surface area contributed by atoms with E-state index in [1.54, 1.807) is 12.1 Å². The minimum absolute atomic E-state index is 0.0325. The summed E-state index contributed by atoms with van der Waals surface area (Å²) in [7, 11) is 0. The molecule has 2 saturated carbocycles. The maximum atomic E-state index is 9.60. The van der Waals surface area contributed by atoms with Crippen LogP contribution in [0.1, 0.15) is 44.9 Å². The fourth-order valence-electron chi connectivity index (χ4n) is 3.89. The Kier molecular flexibility index (Phi) is 4.32. The molecule has 3 rings (SSSR count). The summed E-state index contributed by atoms with van der Waals surface area (Å²) in [4.78, 5) is 0. The van der Waals surface area contributed by atoms with Crippen molar-refractivity contribution in [2.45, 2.75) is 51.0 Å². The van der Waals surface area contributed by atoms with Crippen LogP contribution < -0.4 is 5.32 Å². The molecule has 4 heteroatoms. The maximum Gasteiger partial charge on any atom is 0.152 e. The van der Waals surface area contributed by atoms with Crippen LogP contribution in [-0.2, 0) is 0 Å². The Hall–Kier alpha value is -0.600. The van der Waals surface area contributed by atoms with E-state index in [-0.39, 0.29) is 5.75 Å². The molecule has 0 aliphatic heterocycles. The standard InChI is InChI=1S/C16H21Cl2NO/c17-14-8-13(9-15(18)16(14)20)19-12-6-5-10-3-1-2-4-11(10)7-12/h8-12,19-20H,1-7H2. The first-order valence-electron chi connectivity index (χ1n) is 7.58. The summed E-state index contributed by atoms with van der Waals surface area (Å²) in [5, 5.41) is 13.8. The topological polar surface area (TPSA) is 32.3 Å². The third kappa shape index (κ3) is 3.01. The van der Waals surface area contributed by atoms with Crippen LogP contribution in [0.4, 0.5) is 5.69 Å². The Bertz CT molecular complexity index is 468. The molecule has 0 bridgehead atoms. The van der Waals surface area contributed by atoms with Crippen LogP contribution in [0.3, 0.4) is 0 Å². The average Bonchev–Trinajstić information content (AvgIpc) is 2.44. The van der Waals surface area contributed by atoms with Crippen molar-refractivity contribution in [1.29, 1.82) is 0 Å². The van der Waals surface area contributed by atoms with Crippen molar-refractivity contribution in [2.75, 3.05) is 5.32 Å². The van der Waals surface area contributed by atoms with Gasteiger partial charge in [0.1, 0.15) is 0 Å². The molecule has 1 aromatic rings. The highest BCUT2D eigenvalue weighted by Crippen LogP contribution is 2.42. The molecule has 3 atom stereocenters. The first-order chi connectivity index (χ1) is 9.63. The fourth-order valence-corrected chi connectivity index (χ4v) is 4.38. The highest BCUT2D eigenvalue weighted by molar-refractivity contribution is 6.37. The largest absolute Gasteiger partial charge is 0.505 e. The van der Waals surface area contributed by atoms with Gasteiger partial charge in [-0.05, 0) is 43.2 Å². The van der Waals surface area contributed by atoms with Gasteiger partial charge in [-0.1, -0.05) is 48.9 Å². The van der Waals surface area contributed by atoms with Gasteiger partial charge in [-0.2, -0.15) is 0 Å². The van der Waals surface area contributed by atoms with Crippen molar-refractivity contribution >= 4 is 28.9 Å². The van der Waals surface area contributed by atoms with E-state index in [4.69, 9.17) is 23.2 Å². The van der Waals surface area contributed by atoms with E-state index in [0.29, 0.717) is 16.1 Å². The van der Waals surface area contributed by atoms with Crippen LogP contribution in [0.5, 0.6) is 5.75 Å². The van der Waals surface area contributed by atoms with Crippen LogP contribution >= 0.6 is 23.2 Å². The molecule has 0 aromatic heterocycles. The molecule has 0 saturated heterocycles. The van der Waals surface area contributed by atoms with E-state index in [1.807, 2.05) is 0 Å². The average molecular weight is 314 g/mol. The molecule has 2 N–H and O–H groups in total.